The van der Waals surface area contributed by atoms with E-state index >= 15 is 0 Å². The van der Waals surface area contributed by atoms with Crippen LogP contribution in [-0.2, 0) is 5.60 Å². The molecule has 0 aliphatic heterocycles. The number of aliphatic hydroxyl groups is 1. The number of imidazole rings is 1. The lowest BCUT2D eigenvalue weighted by Crippen LogP contribution is -2.30. The summed E-state index contributed by atoms with van der Waals surface area (Å²) in [5.74, 6) is -0.799. The normalized spacial score (nSPS) is 12.4. The van der Waals surface area contributed by atoms with E-state index in [9.17, 15) is 14.3 Å². The second-order valence-electron chi connectivity index (χ2n) is 7.36. The average Bonchev–Trinajstić information content (AvgIpc) is 3.35. The van der Waals surface area contributed by atoms with Gasteiger partial charge in [-0.1, -0.05) is 11.6 Å². The first kappa shape index (κ1) is 21.5. The summed E-state index contributed by atoms with van der Waals surface area (Å²) in [6.07, 6.45) is 3.14. The Hall–Kier alpha value is -3.22. The van der Waals surface area contributed by atoms with Crippen molar-refractivity contribution in [2.45, 2.75) is 32.4 Å². The van der Waals surface area contributed by atoms with E-state index in [2.05, 4.69) is 20.4 Å². The highest BCUT2D eigenvalue weighted by molar-refractivity contribution is 6.32. The fraction of sp³-hybridized carbons (Fsp3) is 0.300. The molecule has 1 amide bonds. The number of carbonyl (C=O) groups excluding carboxylic acids is 1. The van der Waals surface area contributed by atoms with Gasteiger partial charge in [0.15, 0.2) is 0 Å². The van der Waals surface area contributed by atoms with Crippen molar-refractivity contribution in [1.82, 2.24) is 25.1 Å². The molecular weight excluding hydrogens is 411 g/mol. The monoisotopic (exact) mass is 430 g/mol. The Labute approximate surface area is 177 Å². The maximum absolute atomic E-state index is 14.0. The molecule has 3 aromatic rings. The van der Waals surface area contributed by atoms with Crippen LogP contribution in [0.25, 0.3) is 11.3 Å². The van der Waals surface area contributed by atoms with Crippen LogP contribution in [-0.4, -0.2) is 37.3 Å². The van der Waals surface area contributed by atoms with Gasteiger partial charge in [-0.15, -0.1) is 0 Å². The van der Waals surface area contributed by atoms with Gasteiger partial charge in [-0.2, -0.15) is 10.4 Å². The van der Waals surface area contributed by atoms with E-state index in [-0.39, 0.29) is 34.8 Å². The highest BCUT2D eigenvalue weighted by Crippen LogP contribution is 2.27. The molecule has 0 fully saturated rings. The Balaban J connectivity index is 1.67. The van der Waals surface area contributed by atoms with E-state index in [0.717, 1.165) is 0 Å². The predicted molar refractivity (Wildman–Crippen MR) is 108 cm³/mol. The fourth-order valence-electron chi connectivity index (χ4n) is 2.74. The third-order valence-corrected chi connectivity index (χ3v) is 4.76. The molecule has 30 heavy (non-hydrogen) atoms. The topological polar surface area (TPSA) is 120 Å². The van der Waals surface area contributed by atoms with Crippen molar-refractivity contribution in [3.8, 4) is 17.3 Å². The molecule has 0 aliphatic carbocycles. The standard InChI is InChI=1S/C20H20ClFN6O2/c1-11(9-24-18(29)17-10-25-19(26-17)20(2,3)30)28-5-4-16(27-28)12-6-14(21)13(8-23)15(22)7-12/h4-7,10-11,30H,9H2,1-3H3,(H,24,29)(H,25,26)/t11-/m1/s1. The summed E-state index contributed by atoms with van der Waals surface area (Å²) in [6, 6.07) is 5.91. The lowest BCUT2D eigenvalue weighted by Gasteiger charge is -2.13. The molecule has 0 unspecified atom stereocenters. The number of nitrogens with one attached hydrogen (secondary N) is 2. The van der Waals surface area contributed by atoms with Crippen molar-refractivity contribution < 1.29 is 14.3 Å². The van der Waals surface area contributed by atoms with Crippen LogP contribution in [0.15, 0.2) is 30.6 Å². The van der Waals surface area contributed by atoms with Crippen LogP contribution in [0.1, 0.15) is 48.7 Å². The molecule has 0 saturated carbocycles. The minimum Gasteiger partial charge on any atom is -0.383 e. The summed E-state index contributed by atoms with van der Waals surface area (Å²) in [5.41, 5.74) is -0.279. The number of aromatic amines is 1. The second-order valence-corrected chi connectivity index (χ2v) is 7.77. The fourth-order valence-corrected chi connectivity index (χ4v) is 2.99. The number of amides is 1. The summed E-state index contributed by atoms with van der Waals surface area (Å²) >= 11 is 5.96. The third kappa shape index (κ3) is 4.50. The van der Waals surface area contributed by atoms with E-state index < -0.39 is 11.4 Å². The van der Waals surface area contributed by atoms with Crippen molar-refractivity contribution in [1.29, 1.82) is 5.26 Å². The number of carbonyl (C=O) groups is 1. The quantitative estimate of drug-likeness (QED) is 0.554. The van der Waals surface area contributed by atoms with Gasteiger partial charge in [-0.3, -0.25) is 9.48 Å². The summed E-state index contributed by atoms with van der Waals surface area (Å²) in [7, 11) is 0. The number of H-pyrrole nitrogens is 1. The smallest absolute Gasteiger partial charge is 0.271 e. The number of nitrogens with zero attached hydrogens (tertiary/aromatic N) is 4. The Morgan fingerprint density at radius 1 is 1.50 bits per heavy atom. The Kier molecular flexibility index (Phi) is 5.92. The largest absolute Gasteiger partial charge is 0.383 e. The molecule has 1 atom stereocenters. The molecule has 2 aromatic heterocycles. The molecule has 3 rings (SSSR count). The second kappa shape index (κ2) is 8.26. The summed E-state index contributed by atoms with van der Waals surface area (Å²) in [5, 5.41) is 26.0. The number of benzene rings is 1. The van der Waals surface area contributed by atoms with Crippen molar-refractivity contribution in [2.24, 2.45) is 0 Å². The zero-order valence-electron chi connectivity index (χ0n) is 16.6. The molecule has 1 aromatic carbocycles. The van der Waals surface area contributed by atoms with Gasteiger partial charge in [0.2, 0.25) is 0 Å². The van der Waals surface area contributed by atoms with Gasteiger partial charge in [0.25, 0.3) is 5.91 Å². The van der Waals surface area contributed by atoms with Crippen LogP contribution in [0.3, 0.4) is 0 Å². The molecule has 0 saturated heterocycles. The van der Waals surface area contributed by atoms with Gasteiger partial charge in [0.05, 0.1) is 16.8 Å². The Bertz CT molecular complexity index is 1100. The van der Waals surface area contributed by atoms with Crippen LogP contribution < -0.4 is 5.32 Å². The summed E-state index contributed by atoms with van der Waals surface area (Å²) in [4.78, 5) is 19.2. The molecule has 3 N–H and O–H groups in total. The minimum atomic E-state index is -1.18. The number of aromatic nitrogens is 4. The predicted octanol–water partition coefficient (Wildman–Crippen LogP) is 3.16. The SMILES string of the molecule is C[C@H](CNC(=O)c1c[nH]c(C(C)(C)O)n1)n1ccc(-c2cc(F)c(C#N)c(Cl)c2)n1. The highest BCUT2D eigenvalue weighted by Gasteiger charge is 2.22. The number of hydrogen-bond donors (Lipinski definition) is 3. The molecular formula is C20H20ClFN6O2. The van der Waals surface area contributed by atoms with E-state index in [0.29, 0.717) is 17.1 Å². The van der Waals surface area contributed by atoms with Gasteiger partial charge in [-0.25, -0.2) is 9.37 Å². The summed E-state index contributed by atoms with van der Waals surface area (Å²) < 4.78 is 15.6. The number of nitriles is 1. The molecule has 156 valence electrons. The summed E-state index contributed by atoms with van der Waals surface area (Å²) in [6.45, 7) is 5.26. The first-order chi connectivity index (χ1) is 14.1. The molecule has 10 heteroatoms. The maximum Gasteiger partial charge on any atom is 0.271 e. The Morgan fingerprint density at radius 3 is 2.83 bits per heavy atom. The van der Waals surface area contributed by atoms with Gasteiger partial charge in [0.1, 0.15) is 34.6 Å². The van der Waals surface area contributed by atoms with Crippen molar-refractivity contribution in [3.63, 3.8) is 0 Å². The van der Waals surface area contributed by atoms with E-state index in [4.69, 9.17) is 16.9 Å². The lowest BCUT2D eigenvalue weighted by atomic mass is 10.1. The van der Waals surface area contributed by atoms with Crippen LogP contribution in [0, 0.1) is 17.1 Å². The van der Waals surface area contributed by atoms with Gasteiger partial charge >= 0.3 is 0 Å². The maximum atomic E-state index is 14.0. The number of hydrogen-bond acceptors (Lipinski definition) is 5. The van der Waals surface area contributed by atoms with Crippen molar-refractivity contribution in [2.75, 3.05) is 6.54 Å². The van der Waals surface area contributed by atoms with Crippen molar-refractivity contribution >= 4 is 17.5 Å². The van der Waals surface area contributed by atoms with Gasteiger partial charge in [0, 0.05) is 24.5 Å². The highest BCUT2D eigenvalue weighted by atomic mass is 35.5. The van der Waals surface area contributed by atoms with Gasteiger partial charge in [-0.05, 0) is 39.0 Å². The van der Waals surface area contributed by atoms with Crippen LogP contribution in [0.2, 0.25) is 5.02 Å². The molecule has 0 radical (unpaired) electrons. The number of rotatable bonds is 6. The zero-order valence-corrected chi connectivity index (χ0v) is 17.3. The lowest BCUT2D eigenvalue weighted by molar-refractivity contribution is 0.0695. The van der Waals surface area contributed by atoms with Crippen LogP contribution in [0.4, 0.5) is 4.39 Å². The molecule has 0 aliphatic rings. The minimum absolute atomic E-state index is 0.0202. The van der Waals surface area contributed by atoms with Crippen molar-refractivity contribution in [3.05, 3.63) is 58.5 Å². The molecule has 2 heterocycles. The van der Waals surface area contributed by atoms with Crippen LogP contribution >= 0.6 is 11.6 Å². The molecule has 8 nitrogen and oxygen atoms in total. The first-order valence-corrected chi connectivity index (χ1v) is 9.49. The van der Waals surface area contributed by atoms with E-state index in [1.807, 2.05) is 6.92 Å². The first-order valence-electron chi connectivity index (χ1n) is 9.11. The zero-order chi connectivity index (χ0) is 22.1. The third-order valence-electron chi connectivity index (χ3n) is 4.46. The average molecular weight is 431 g/mol. The molecule has 0 spiro atoms. The van der Waals surface area contributed by atoms with E-state index in [1.54, 1.807) is 36.9 Å². The van der Waals surface area contributed by atoms with Gasteiger partial charge < -0.3 is 15.4 Å². The molecule has 0 bridgehead atoms. The number of halogens is 2. The van der Waals surface area contributed by atoms with E-state index in [1.165, 1.54) is 18.3 Å². The van der Waals surface area contributed by atoms with Crippen LogP contribution in [0.5, 0.6) is 0 Å². The Morgan fingerprint density at radius 2 is 2.23 bits per heavy atom.